The second-order valence-corrected chi connectivity index (χ2v) is 9.52. The first-order chi connectivity index (χ1) is 19.2. The maximum Gasteiger partial charge on any atom is 0.412 e. The van der Waals surface area contributed by atoms with Crippen LogP contribution in [0.4, 0.5) is 4.79 Å². The van der Waals surface area contributed by atoms with Crippen molar-refractivity contribution >= 4 is 24.0 Å². The molecule has 2 aromatic carbocycles. The van der Waals surface area contributed by atoms with Crippen molar-refractivity contribution in [3.05, 3.63) is 72.3 Å². The van der Waals surface area contributed by atoms with Crippen LogP contribution in [0.1, 0.15) is 49.1 Å². The Balaban J connectivity index is 1.99. The first-order valence-electron chi connectivity index (χ1n) is 13.0. The number of hydrogen-bond acceptors (Lipinski definition) is 8. The van der Waals surface area contributed by atoms with Crippen LogP contribution < -0.4 is 11.5 Å². The Hall–Kier alpha value is -4.22. The molecule has 0 spiro atoms. The number of hydrogen-bond donors (Lipinski definition) is 4. The van der Waals surface area contributed by atoms with Gasteiger partial charge in [-0.3, -0.25) is 15.4 Å². The van der Waals surface area contributed by atoms with Crippen LogP contribution in [-0.4, -0.2) is 70.6 Å². The van der Waals surface area contributed by atoms with E-state index in [1.807, 2.05) is 48.5 Å². The van der Waals surface area contributed by atoms with Crippen molar-refractivity contribution < 1.29 is 38.9 Å². The Labute approximate surface area is 232 Å². The molecule has 1 aliphatic carbocycles. The van der Waals surface area contributed by atoms with Gasteiger partial charge < -0.3 is 25.4 Å². The van der Waals surface area contributed by atoms with Gasteiger partial charge in [-0.25, -0.2) is 14.4 Å². The fourth-order valence-corrected chi connectivity index (χ4v) is 4.97. The molecule has 214 valence electrons. The summed E-state index contributed by atoms with van der Waals surface area (Å²) in [5.74, 6) is -4.24. The average Bonchev–Trinajstić information content (AvgIpc) is 3.25. The minimum atomic E-state index is -2.28. The maximum atomic E-state index is 13.7. The fourth-order valence-electron chi connectivity index (χ4n) is 4.97. The lowest BCUT2D eigenvalue weighted by molar-refractivity contribution is -0.162. The van der Waals surface area contributed by atoms with E-state index in [1.165, 1.54) is 6.08 Å². The first-order valence-corrected chi connectivity index (χ1v) is 13.0. The summed E-state index contributed by atoms with van der Waals surface area (Å²) < 4.78 is 10.9. The second kappa shape index (κ2) is 13.7. The topological polar surface area (TPSA) is 182 Å². The SMILES string of the molecule is C=CCOC(=O)C(N)(CCCCN)N(C(=O)OCC1c2ccccc2-c2ccccc21)[C@@H](CCC(=O)O)C(=O)O. The van der Waals surface area contributed by atoms with E-state index in [4.69, 9.17) is 20.9 Å². The largest absolute Gasteiger partial charge is 0.481 e. The van der Waals surface area contributed by atoms with Gasteiger partial charge in [0.15, 0.2) is 5.66 Å². The predicted octanol–water partition coefficient (Wildman–Crippen LogP) is 3.07. The lowest BCUT2D eigenvalue weighted by atomic mass is 9.97. The summed E-state index contributed by atoms with van der Waals surface area (Å²) in [7, 11) is 0. The molecular weight excluding hydrogens is 518 g/mol. The smallest absolute Gasteiger partial charge is 0.412 e. The van der Waals surface area contributed by atoms with E-state index in [0.29, 0.717) is 11.3 Å². The van der Waals surface area contributed by atoms with Gasteiger partial charge in [-0.2, -0.15) is 0 Å². The Bertz CT molecular complexity index is 1200. The second-order valence-electron chi connectivity index (χ2n) is 9.52. The maximum absolute atomic E-state index is 13.7. The van der Waals surface area contributed by atoms with Gasteiger partial charge in [-0.15, -0.1) is 0 Å². The molecule has 1 amide bonds. The van der Waals surface area contributed by atoms with Gasteiger partial charge in [0.1, 0.15) is 19.3 Å². The summed E-state index contributed by atoms with van der Waals surface area (Å²) in [6.07, 6.45) is -0.487. The molecular formula is C29H35N3O8. The van der Waals surface area contributed by atoms with Crippen LogP contribution in [0.15, 0.2) is 61.2 Å². The predicted molar refractivity (Wildman–Crippen MR) is 146 cm³/mol. The minimum Gasteiger partial charge on any atom is -0.481 e. The van der Waals surface area contributed by atoms with E-state index in [0.717, 1.165) is 22.3 Å². The van der Waals surface area contributed by atoms with Crippen molar-refractivity contribution in [1.29, 1.82) is 0 Å². The molecule has 0 saturated carbocycles. The third kappa shape index (κ3) is 6.67. The molecule has 1 unspecified atom stereocenters. The normalized spacial score (nSPS) is 14.2. The Morgan fingerprint density at radius 1 is 1.00 bits per heavy atom. The van der Waals surface area contributed by atoms with E-state index in [1.54, 1.807) is 0 Å². The van der Waals surface area contributed by atoms with E-state index in [9.17, 15) is 29.4 Å². The molecule has 6 N–H and O–H groups in total. The zero-order chi connectivity index (χ0) is 29.3. The van der Waals surface area contributed by atoms with E-state index >= 15 is 0 Å². The molecule has 11 nitrogen and oxygen atoms in total. The molecule has 0 radical (unpaired) electrons. The average molecular weight is 554 g/mol. The zero-order valence-corrected chi connectivity index (χ0v) is 22.2. The van der Waals surface area contributed by atoms with Crippen LogP contribution in [0.2, 0.25) is 0 Å². The number of benzene rings is 2. The van der Waals surface area contributed by atoms with Crippen molar-refractivity contribution in [2.45, 2.75) is 49.7 Å². The lowest BCUT2D eigenvalue weighted by Crippen LogP contribution is -2.68. The van der Waals surface area contributed by atoms with Crippen LogP contribution in [-0.2, 0) is 23.9 Å². The van der Waals surface area contributed by atoms with Crippen molar-refractivity contribution in [3.63, 3.8) is 0 Å². The van der Waals surface area contributed by atoms with E-state index in [-0.39, 0.29) is 38.5 Å². The molecule has 40 heavy (non-hydrogen) atoms. The quantitative estimate of drug-likeness (QED) is 0.111. The van der Waals surface area contributed by atoms with Crippen LogP contribution >= 0.6 is 0 Å². The number of carboxylic acid groups (broad SMARTS) is 2. The molecule has 2 atom stereocenters. The molecule has 0 aliphatic heterocycles. The minimum absolute atomic E-state index is 0.171. The van der Waals surface area contributed by atoms with E-state index in [2.05, 4.69) is 6.58 Å². The number of carbonyl (C=O) groups excluding carboxylic acids is 2. The van der Waals surface area contributed by atoms with Crippen molar-refractivity contribution in [1.82, 2.24) is 4.90 Å². The number of esters is 1. The number of fused-ring (bicyclic) bond motifs is 3. The summed E-state index contributed by atoms with van der Waals surface area (Å²) in [5, 5.41) is 19.3. The molecule has 11 heteroatoms. The molecule has 2 aromatic rings. The zero-order valence-electron chi connectivity index (χ0n) is 22.2. The monoisotopic (exact) mass is 553 g/mol. The Kier molecular flexibility index (Phi) is 10.4. The van der Waals surface area contributed by atoms with Crippen LogP contribution in [0.3, 0.4) is 0 Å². The standard InChI is InChI=1S/C29H35N3O8/c1-2-17-39-27(37)29(31,15-7-8-16-30)32(24(26(35)36)13-14-25(33)34)28(38)40-18-23-21-11-5-3-9-19(21)20-10-4-6-12-22(20)23/h2-6,9-12,23-24H,1,7-8,13-18,30-31H2,(H,33,34)(H,35,36)/t24-,29?/m0/s1. The van der Waals surface area contributed by atoms with Gasteiger partial charge in [-0.05, 0) is 54.5 Å². The first kappa shape index (κ1) is 30.3. The molecule has 0 fully saturated rings. The highest BCUT2D eigenvalue weighted by atomic mass is 16.6. The number of nitrogens with two attached hydrogens (primary N) is 2. The van der Waals surface area contributed by atoms with Gasteiger partial charge in [-0.1, -0.05) is 61.2 Å². The highest BCUT2D eigenvalue weighted by Crippen LogP contribution is 2.44. The number of aliphatic carboxylic acids is 2. The number of amides is 1. The number of carbonyl (C=O) groups is 4. The highest BCUT2D eigenvalue weighted by molar-refractivity contribution is 5.89. The molecule has 3 rings (SSSR count). The van der Waals surface area contributed by atoms with Gasteiger partial charge in [0, 0.05) is 12.3 Å². The van der Waals surface area contributed by atoms with Gasteiger partial charge in [0.05, 0.1) is 0 Å². The number of nitrogens with zero attached hydrogens (tertiary/aromatic N) is 1. The molecule has 1 aliphatic rings. The Morgan fingerprint density at radius 2 is 1.60 bits per heavy atom. The summed E-state index contributed by atoms with van der Waals surface area (Å²) in [6.45, 7) is 3.35. The van der Waals surface area contributed by atoms with Gasteiger partial charge in [0.2, 0.25) is 0 Å². The fraction of sp³-hybridized carbons (Fsp3) is 0.379. The van der Waals surface area contributed by atoms with Crippen molar-refractivity contribution in [2.24, 2.45) is 11.5 Å². The molecule has 0 heterocycles. The Morgan fingerprint density at radius 3 is 2.12 bits per heavy atom. The summed E-state index contributed by atoms with van der Waals surface area (Å²) in [6, 6.07) is 13.5. The summed E-state index contributed by atoms with van der Waals surface area (Å²) in [4.78, 5) is 51.3. The third-order valence-electron chi connectivity index (χ3n) is 6.89. The van der Waals surface area contributed by atoms with Crippen LogP contribution in [0.25, 0.3) is 11.1 Å². The molecule has 0 saturated heterocycles. The summed E-state index contributed by atoms with van der Waals surface area (Å²) in [5.41, 5.74) is 13.7. The van der Waals surface area contributed by atoms with Crippen LogP contribution in [0, 0.1) is 0 Å². The summed E-state index contributed by atoms with van der Waals surface area (Å²) >= 11 is 0. The lowest BCUT2D eigenvalue weighted by Gasteiger charge is -2.41. The van der Waals surface area contributed by atoms with E-state index < -0.39 is 48.5 Å². The van der Waals surface area contributed by atoms with Crippen molar-refractivity contribution in [3.8, 4) is 11.1 Å². The number of unbranched alkanes of at least 4 members (excludes halogenated alkanes) is 1. The van der Waals surface area contributed by atoms with Crippen molar-refractivity contribution in [2.75, 3.05) is 19.8 Å². The molecule has 0 bridgehead atoms. The van der Waals surface area contributed by atoms with Gasteiger partial charge in [0.25, 0.3) is 0 Å². The molecule has 0 aromatic heterocycles. The van der Waals surface area contributed by atoms with Crippen LogP contribution in [0.5, 0.6) is 0 Å². The number of rotatable bonds is 15. The third-order valence-corrected chi connectivity index (χ3v) is 6.89. The number of carboxylic acids is 2. The van der Waals surface area contributed by atoms with Gasteiger partial charge >= 0.3 is 24.0 Å². The highest BCUT2D eigenvalue weighted by Gasteiger charge is 2.50. The number of ether oxygens (including phenoxy) is 2.